The smallest absolute Gasteiger partial charge is 0.223 e. The Morgan fingerprint density at radius 2 is 1.90 bits per heavy atom. The third kappa shape index (κ3) is 2.91. The van der Waals surface area contributed by atoms with Gasteiger partial charge < -0.3 is 4.90 Å². The van der Waals surface area contributed by atoms with Gasteiger partial charge in [-0.2, -0.15) is 0 Å². The SMILES string of the molecule is CC(=O)CC1CCCCN1C(=O)CC1CC2CCC1C2. The Labute approximate surface area is 122 Å². The second kappa shape index (κ2) is 5.87. The van der Waals surface area contributed by atoms with Gasteiger partial charge in [-0.3, -0.25) is 9.59 Å². The molecule has 0 N–H and O–H groups in total. The van der Waals surface area contributed by atoms with Crippen LogP contribution in [0.15, 0.2) is 0 Å². The standard InChI is InChI=1S/C17H27NO2/c1-12(19)8-16-4-2-3-7-18(16)17(20)11-15-10-13-5-6-14(15)9-13/h13-16H,2-11H2,1H3. The summed E-state index contributed by atoms with van der Waals surface area (Å²) in [7, 11) is 0. The first-order valence-corrected chi connectivity index (χ1v) is 8.42. The molecule has 1 heterocycles. The van der Waals surface area contributed by atoms with E-state index >= 15 is 0 Å². The molecule has 3 nitrogen and oxygen atoms in total. The van der Waals surface area contributed by atoms with Crippen LogP contribution in [0.4, 0.5) is 0 Å². The average Bonchev–Trinajstić information content (AvgIpc) is 3.00. The van der Waals surface area contributed by atoms with E-state index in [0.717, 1.165) is 44.1 Å². The molecule has 2 bridgehead atoms. The summed E-state index contributed by atoms with van der Waals surface area (Å²) in [6, 6.07) is 0.187. The third-order valence-electron chi connectivity index (χ3n) is 5.79. The molecule has 3 rings (SSSR count). The molecule has 1 saturated heterocycles. The number of hydrogen-bond acceptors (Lipinski definition) is 2. The minimum atomic E-state index is 0.187. The monoisotopic (exact) mass is 277 g/mol. The van der Waals surface area contributed by atoms with E-state index in [-0.39, 0.29) is 11.8 Å². The molecular formula is C17H27NO2. The van der Waals surface area contributed by atoms with Crippen molar-refractivity contribution in [2.24, 2.45) is 17.8 Å². The van der Waals surface area contributed by atoms with Gasteiger partial charge in [0.1, 0.15) is 5.78 Å². The number of piperidine rings is 1. The fourth-order valence-corrected chi connectivity index (χ4v) is 4.84. The molecule has 2 aliphatic carbocycles. The van der Waals surface area contributed by atoms with Gasteiger partial charge in [0, 0.05) is 25.4 Å². The van der Waals surface area contributed by atoms with Crippen molar-refractivity contribution in [3.05, 3.63) is 0 Å². The van der Waals surface area contributed by atoms with Crippen molar-refractivity contribution in [3.63, 3.8) is 0 Å². The van der Waals surface area contributed by atoms with Crippen LogP contribution in [-0.2, 0) is 9.59 Å². The number of hydrogen-bond donors (Lipinski definition) is 0. The zero-order valence-corrected chi connectivity index (χ0v) is 12.6. The van der Waals surface area contributed by atoms with Crippen LogP contribution in [0.1, 0.15) is 64.7 Å². The van der Waals surface area contributed by atoms with Crippen LogP contribution in [0.2, 0.25) is 0 Å². The molecule has 0 aromatic rings. The maximum atomic E-state index is 12.6. The normalized spacial score (nSPS) is 36.4. The largest absolute Gasteiger partial charge is 0.339 e. The van der Waals surface area contributed by atoms with Crippen molar-refractivity contribution in [1.82, 2.24) is 4.90 Å². The van der Waals surface area contributed by atoms with E-state index in [2.05, 4.69) is 0 Å². The number of carbonyl (C=O) groups is 2. The number of rotatable bonds is 4. The van der Waals surface area contributed by atoms with E-state index in [1.54, 1.807) is 6.92 Å². The summed E-state index contributed by atoms with van der Waals surface area (Å²) in [5.74, 6) is 2.91. The number of carbonyl (C=O) groups excluding carboxylic acids is 2. The fraction of sp³-hybridized carbons (Fsp3) is 0.882. The highest BCUT2D eigenvalue weighted by Crippen LogP contribution is 2.49. The molecule has 1 aliphatic heterocycles. The highest BCUT2D eigenvalue weighted by atomic mass is 16.2. The van der Waals surface area contributed by atoms with Crippen molar-refractivity contribution in [2.75, 3.05) is 6.54 Å². The quantitative estimate of drug-likeness (QED) is 0.791. The Hall–Kier alpha value is -0.860. The average molecular weight is 277 g/mol. The van der Waals surface area contributed by atoms with Crippen LogP contribution in [0.25, 0.3) is 0 Å². The van der Waals surface area contributed by atoms with E-state index in [4.69, 9.17) is 0 Å². The van der Waals surface area contributed by atoms with Gasteiger partial charge in [0.15, 0.2) is 0 Å². The first kappa shape index (κ1) is 14.1. The molecule has 2 saturated carbocycles. The van der Waals surface area contributed by atoms with Gasteiger partial charge in [0.25, 0.3) is 0 Å². The van der Waals surface area contributed by atoms with Gasteiger partial charge in [-0.1, -0.05) is 6.42 Å². The Morgan fingerprint density at radius 1 is 1.05 bits per heavy atom. The Morgan fingerprint density at radius 3 is 2.55 bits per heavy atom. The number of nitrogens with zero attached hydrogens (tertiary/aromatic N) is 1. The van der Waals surface area contributed by atoms with Gasteiger partial charge in [0.05, 0.1) is 0 Å². The summed E-state index contributed by atoms with van der Waals surface area (Å²) in [5.41, 5.74) is 0. The van der Waals surface area contributed by atoms with Crippen LogP contribution >= 0.6 is 0 Å². The molecule has 3 heteroatoms. The zero-order valence-electron chi connectivity index (χ0n) is 12.6. The van der Waals surface area contributed by atoms with E-state index in [1.165, 1.54) is 25.7 Å². The van der Waals surface area contributed by atoms with Gasteiger partial charge in [0.2, 0.25) is 5.91 Å². The van der Waals surface area contributed by atoms with Gasteiger partial charge in [-0.05, 0) is 63.2 Å². The highest BCUT2D eigenvalue weighted by molar-refractivity contribution is 5.80. The van der Waals surface area contributed by atoms with Gasteiger partial charge in [-0.15, -0.1) is 0 Å². The molecule has 112 valence electrons. The molecule has 0 radical (unpaired) electrons. The molecule has 4 atom stereocenters. The Balaban J connectivity index is 1.58. The van der Waals surface area contributed by atoms with E-state index in [9.17, 15) is 9.59 Å². The van der Waals surface area contributed by atoms with E-state index < -0.39 is 0 Å². The summed E-state index contributed by atoms with van der Waals surface area (Å²) in [6.07, 6.45) is 9.98. The second-order valence-corrected chi connectivity index (χ2v) is 7.28. The summed E-state index contributed by atoms with van der Waals surface area (Å²) in [4.78, 5) is 26.1. The predicted molar refractivity (Wildman–Crippen MR) is 78.2 cm³/mol. The number of fused-ring (bicyclic) bond motifs is 2. The lowest BCUT2D eigenvalue weighted by Gasteiger charge is -2.36. The van der Waals surface area contributed by atoms with Crippen LogP contribution in [0, 0.1) is 17.8 Å². The summed E-state index contributed by atoms with van der Waals surface area (Å²) in [5, 5.41) is 0. The van der Waals surface area contributed by atoms with Crippen LogP contribution in [0.5, 0.6) is 0 Å². The van der Waals surface area contributed by atoms with Crippen molar-refractivity contribution in [1.29, 1.82) is 0 Å². The van der Waals surface area contributed by atoms with E-state index in [1.807, 2.05) is 4.90 Å². The number of likely N-dealkylation sites (tertiary alicyclic amines) is 1. The molecule has 1 amide bonds. The third-order valence-corrected chi connectivity index (χ3v) is 5.79. The molecule has 4 unspecified atom stereocenters. The molecule has 0 aromatic heterocycles. The molecule has 3 fully saturated rings. The van der Waals surface area contributed by atoms with Gasteiger partial charge >= 0.3 is 0 Å². The summed E-state index contributed by atoms with van der Waals surface area (Å²) >= 11 is 0. The lowest BCUT2D eigenvalue weighted by atomic mass is 9.85. The second-order valence-electron chi connectivity index (χ2n) is 7.28. The van der Waals surface area contributed by atoms with Crippen LogP contribution in [-0.4, -0.2) is 29.2 Å². The zero-order chi connectivity index (χ0) is 14.1. The molecule has 0 spiro atoms. The van der Waals surface area contributed by atoms with Crippen molar-refractivity contribution in [3.8, 4) is 0 Å². The van der Waals surface area contributed by atoms with Crippen LogP contribution in [0.3, 0.4) is 0 Å². The first-order valence-electron chi connectivity index (χ1n) is 8.42. The molecule has 20 heavy (non-hydrogen) atoms. The predicted octanol–water partition coefficient (Wildman–Crippen LogP) is 3.17. The topological polar surface area (TPSA) is 37.4 Å². The van der Waals surface area contributed by atoms with E-state index in [0.29, 0.717) is 18.2 Å². The van der Waals surface area contributed by atoms with Crippen molar-refractivity contribution >= 4 is 11.7 Å². The number of amides is 1. The Kier molecular flexibility index (Phi) is 4.13. The summed E-state index contributed by atoms with van der Waals surface area (Å²) in [6.45, 7) is 2.52. The van der Waals surface area contributed by atoms with Gasteiger partial charge in [-0.25, -0.2) is 0 Å². The minimum Gasteiger partial charge on any atom is -0.339 e. The fourth-order valence-electron chi connectivity index (χ4n) is 4.84. The lowest BCUT2D eigenvalue weighted by molar-refractivity contribution is -0.137. The van der Waals surface area contributed by atoms with Crippen molar-refractivity contribution < 1.29 is 9.59 Å². The first-order chi connectivity index (χ1) is 9.63. The van der Waals surface area contributed by atoms with Crippen LogP contribution < -0.4 is 0 Å². The number of Topliss-reactive ketones (excluding diaryl/α,β-unsaturated/α-hetero) is 1. The molecule has 0 aromatic carbocycles. The molecule has 3 aliphatic rings. The number of ketones is 1. The minimum absolute atomic E-state index is 0.187. The maximum absolute atomic E-state index is 12.6. The molecular weight excluding hydrogens is 250 g/mol. The van der Waals surface area contributed by atoms with Crippen molar-refractivity contribution in [2.45, 2.75) is 70.8 Å². The Bertz CT molecular complexity index is 392. The maximum Gasteiger partial charge on any atom is 0.223 e. The summed E-state index contributed by atoms with van der Waals surface area (Å²) < 4.78 is 0. The highest BCUT2D eigenvalue weighted by Gasteiger charge is 2.41. The lowest BCUT2D eigenvalue weighted by Crippen LogP contribution is -2.45.